The van der Waals surface area contributed by atoms with E-state index in [1.807, 2.05) is 0 Å². The topological polar surface area (TPSA) is 105 Å². The van der Waals surface area contributed by atoms with Gasteiger partial charge in [0.2, 0.25) is 0 Å². The summed E-state index contributed by atoms with van der Waals surface area (Å²) in [5, 5.41) is 0. The summed E-state index contributed by atoms with van der Waals surface area (Å²) in [6.45, 7) is -0.986. The number of nitrogens with two attached hydrogens (primary N) is 1. The van der Waals surface area contributed by atoms with E-state index in [9.17, 15) is 14.4 Å². The van der Waals surface area contributed by atoms with Crippen LogP contribution in [0.2, 0.25) is 0 Å². The fourth-order valence-electron chi connectivity index (χ4n) is 2.73. The van der Waals surface area contributed by atoms with Crippen LogP contribution in [0.25, 0.3) is 0 Å². The van der Waals surface area contributed by atoms with Gasteiger partial charge < -0.3 is 19.9 Å². The van der Waals surface area contributed by atoms with E-state index in [-0.39, 0.29) is 19.8 Å². The van der Waals surface area contributed by atoms with Gasteiger partial charge in [-0.15, -0.1) is 0 Å². The number of benzene rings is 3. The molecule has 0 saturated carbocycles. The maximum Gasteiger partial charge on any atom is 0.338 e. The lowest BCUT2D eigenvalue weighted by Crippen LogP contribution is -2.54. The van der Waals surface area contributed by atoms with E-state index in [4.69, 9.17) is 19.9 Å². The van der Waals surface area contributed by atoms with Crippen molar-refractivity contribution in [3.63, 3.8) is 0 Å². The molecule has 0 unspecified atom stereocenters. The Balaban J connectivity index is 1.66. The molecule has 0 bridgehead atoms. The van der Waals surface area contributed by atoms with Gasteiger partial charge in [-0.2, -0.15) is 0 Å². The highest BCUT2D eigenvalue weighted by Gasteiger charge is 2.32. The molecule has 0 aromatic heterocycles. The highest BCUT2D eigenvalue weighted by atomic mass is 16.6. The second-order valence-electron chi connectivity index (χ2n) is 7.19. The van der Waals surface area contributed by atoms with Crippen LogP contribution in [0.15, 0.2) is 91.0 Å². The zero-order chi connectivity index (χ0) is 22.8. The van der Waals surface area contributed by atoms with Crippen molar-refractivity contribution in [1.29, 1.82) is 0 Å². The number of hydrogen-bond acceptors (Lipinski definition) is 7. The molecule has 32 heavy (non-hydrogen) atoms. The van der Waals surface area contributed by atoms with Crippen LogP contribution in [-0.4, -0.2) is 43.3 Å². The lowest BCUT2D eigenvalue weighted by molar-refractivity contribution is -0.00367. The largest absolute Gasteiger partial charge is 0.460 e. The quantitative estimate of drug-likeness (QED) is 0.408. The molecule has 0 aliphatic rings. The Labute approximate surface area is 185 Å². The van der Waals surface area contributed by atoms with Crippen molar-refractivity contribution in [2.45, 2.75) is 5.54 Å². The molecule has 0 aliphatic heterocycles. The van der Waals surface area contributed by atoms with Gasteiger partial charge in [-0.25, -0.2) is 14.4 Å². The lowest BCUT2D eigenvalue weighted by atomic mass is 10.1. The van der Waals surface area contributed by atoms with Crippen LogP contribution in [0.4, 0.5) is 0 Å². The van der Waals surface area contributed by atoms with Crippen molar-refractivity contribution >= 4 is 17.9 Å². The normalized spacial score (nSPS) is 10.8. The summed E-state index contributed by atoms with van der Waals surface area (Å²) in [5.41, 5.74) is 5.93. The van der Waals surface area contributed by atoms with Gasteiger partial charge in [-0.05, 0) is 36.4 Å². The zero-order valence-corrected chi connectivity index (χ0v) is 17.3. The maximum atomic E-state index is 12.3. The van der Waals surface area contributed by atoms with E-state index in [0.717, 1.165) is 0 Å². The summed E-state index contributed by atoms with van der Waals surface area (Å²) in [4.78, 5) is 37.0. The van der Waals surface area contributed by atoms with Gasteiger partial charge in [0.25, 0.3) is 0 Å². The zero-order valence-electron chi connectivity index (χ0n) is 17.3. The molecule has 164 valence electrons. The SMILES string of the molecule is NC(COC(=O)c1ccccc1)(COC(=O)c1ccccc1)COC(=O)c1ccccc1. The van der Waals surface area contributed by atoms with E-state index >= 15 is 0 Å². The van der Waals surface area contributed by atoms with Crippen molar-refractivity contribution < 1.29 is 28.6 Å². The smallest absolute Gasteiger partial charge is 0.338 e. The fourth-order valence-corrected chi connectivity index (χ4v) is 2.73. The Morgan fingerprint density at radius 1 is 0.531 bits per heavy atom. The summed E-state index contributed by atoms with van der Waals surface area (Å²) in [6.07, 6.45) is 0. The van der Waals surface area contributed by atoms with Gasteiger partial charge in [0, 0.05) is 0 Å². The minimum Gasteiger partial charge on any atom is -0.460 e. The lowest BCUT2D eigenvalue weighted by Gasteiger charge is -2.28. The van der Waals surface area contributed by atoms with E-state index in [2.05, 4.69) is 0 Å². The van der Waals surface area contributed by atoms with Gasteiger partial charge in [-0.1, -0.05) is 54.6 Å². The average molecular weight is 433 g/mol. The summed E-state index contributed by atoms with van der Waals surface area (Å²) in [6, 6.07) is 25.2. The van der Waals surface area contributed by atoms with E-state index < -0.39 is 23.4 Å². The summed E-state index contributed by atoms with van der Waals surface area (Å²) in [7, 11) is 0. The van der Waals surface area contributed by atoms with Crippen molar-refractivity contribution in [2.75, 3.05) is 19.8 Å². The predicted molar refractivity (Wildman–Crippen MR) is 117 cm³/mol. The van der Waals surface area contributed by atoms with Crippen LogP contribution in [-0.2, 0) is 14.2 Å². The molecule has 7 heteroatoms. The van der Waals surface area contributed by atoms with Crippen molar-refractivity contribution in [1.82, 2.24) is 0 Å². The molecule has 0 radical (unpaired) electrons. The highest BCUT2D eigenvalue weighted by Crippen LogP contribution is 2.12. The molecule has 0 heterocycles. The molecule has 0 aliphatic carbocycles. The van der Waals surface area contributed by atoms with Gasteiger partial charge in [0.15, 0.2) is 0 Å². The molecule has 3 rings (SSSR count). The number of rotatable bonds is 9. The molecular weight excluding hydrogens is 410 g/mol. The van der Waals surface area contributed by atoms with Crippen molar-refractivity contribution in [2.24, 2.45) is 5.73 Å². The van der Waals surface area contributed by atoms with E-state index in [0.29, 0.717) is 16.7 Å². The number of hydrogen-bond donors (Lipinski definition) is 1. The third kappa shape index (κ3) is 6.52. The highest BCUT2D eigenvalue weighted by molar-refractivity contribution is 5.90. The molecular formula is C25H23NO6. The fraction of sp³-hybridized carbons (Fsp3) is 0.160. The monoisotopic (exact) mass is 433 g/mol. The predicted octanol–water partition coefficient (Wildman–Crippen LogP) is 3.25. The summed E-state index contributed by atoms with van der Waals surface area (Å²) >= 11 is 0. The third-order valence-corrected chi connectivity index (χ3v) is 4.50. The molecule has 0 fully saturated rings. The van der Waals surface area contributed by atoms with E-state index in [1.54, 1.807) is 91.0 Å². The molecule has 7 nitrogen and oxygen atoms in total. The van der Waals surface area contributed by atoms with Crippen LogP contribution >= 0.6 is 0 Å². The van der Waals surface area contributed by atoms with Gasteiger partial charge in [0.05, 0.1) is 16.7 Å². The third-order valence-electron chi connectivity index (χ3n) is 4.50. The Morgan fingerprint density at radius 2 is 0.781 bits per heavy atom. The molecule has 0 amide bonds. The van der Waals surface area contributed by atoms with Crippen LogP contribution < -0.4 is 5.73 Å². The first-order valence-electron chi connectivity index (χ1n) is 9.92. The Hall–Kier alpha value is -3.97. The van der Waals surface area contributed by atoms with Crippen LogP contribution in [0, 0.1) is 0 Å². The molecule has 3 aromatic carbocycles. The van der Waals surface area contributed by atoms with Gasteiger partial charge >= 0.3 is 17.9 Å². The molecule has 0 saturated heterocycles. The second kappa shape index (κ2) is 10.9. The Morgan fingerprint density at radius 3 is 1.03 bits per heavy atom. The Kier molecular flexibility index (Phi) is 7.72. The average Bonchev–Trinajstić information content (AvgIpc) is 2.86. The summed E-state index contributed by atoms with van der Waals surface area (Å²) in [5.74, 6) is -1.78. The molecule has 3 aromatic rings. The standard InChI is InChI=1S/C25H23NO6/c26-25(16-30-22(27)19-10-4-1-5-11-19,17-31-23(28)20-12-6-2-7-13-20)18-32-24(29)21-14-8-3-9-15-21/h1-15H,16-18,26H2. The number of carbonyl (C=O) groups is 3. The van der Waals surface area contributed by atoms with Crippen LogP contribution in [0.5, 0.6) is 0 Å². The maximum absolute atomic E-state index is 12.3. The van der Waals surface area contributed by atoms with Crippen molar-refractivity contribution in [3.05, 3.63) is 108 Å². The van der Waals surface area contributed by atoms with Gasteiger partial charge in [0.1, 0.15) is 25.4 Å². The minimum atomic E-state index is -1.45. The van der Waals surface area contributed by atoms with E-state index in [1.165, 1.54) is 0 Å². The first-order chi connectivity index (χ1) is 15.5. The molecule has 0 spiro atoms. The summed E-state index contributed by atoms with van der Waals surface area (Å²) < 4.78 is 16.0. The second-order valence-corrected chi connectivity index (χ2v) is 7.19. The molecule has 2 N–H and O–H groups in total. The van der Waals surface area contributed by atoms with Crippen LogP contribution in [0.1, 0.15) is 31.1 Å². The number of esters is 3. The Bertz CT molecular complexity index is 903. The van der Waals surface area contributed by atoms with Gasteiger partial charge in [-0.3, -0.25) is 0 Å². The van der Waals surface area contributed by atoms with Crippen molar-refractivity contribution in [3.8, 4) is 0 Å². The molecule has 0 atom stereocenters. The minimum absolute atomic E-state index is 0.329. The first-order valence-corrected chi connectivity index (χ1v) is 9.92. The number of ether oxygens (including phenoxy) is 3. The van der Waals surface area contributed by atoms with Crippen LogP contribution in [0.3, 0.4) is 0 Å². The first kappa shape index (κ1) is 22.7. The number of carbonyl (C=O) groups excluding carboxylic acids is 3.